The zero-order valence-corrected chi connectivity index (χ0v) is 9.79. The first-order valence-corrected chi connectivity index (χ1v) is 6.34. The molecule has 0 aromatic rings. The molecule has 0 radical (unpaired) electrons. The van der Waals surface area contributed by atoms with E-state index in [9.17, 15) is 13.2 Å². The average molecular weight is 279 g/mol. The van der Waals surface area contributed by atoms with Crippen molar-refractivity contribution in [3.63, 3.8) is 0 Å². The van der Waals surface area contributed by atoms with Crippen molar-refractivity contribution in [2.75, 3.05) is 5.75 Å². The van der Waals surface area contributed by atoms with E-state index in [1.807, 2.05) is 0 Å². The summed E-state index contributed by atoms with van der Waals surface area (Å²) in [5.74, 6) is -1.03. The third kappa shape index (κ3) is 3.31. The summed E-state index contributed by atoms with van der Waals surface area (Å²) in [6, 6.07) is -0.622. The Bertz CT molecular complexity index is 370. The van der Waals surface area contributed by atoms with Crippen LogP contribution in [0.3, 0.4) is 0 Å². The van der Waals surface area contributed by atoms with Crippen LogP contribution < -0.4 is 5.32 Å². The third-order valence-electron chi connectivity index (χ3n) is 1.50. The Morgan fingerprint density at radius 2 is 2.00 bits per heavy atom. The SMILES string of the molecule is O=C(NC1C=CS(=O)(=O)C1)C(Cl)(Cl)Cl. The van der Waals surface area contributed by atoms with E-state index >= 15 is 0 Å². The number of carbonyl (C=O) groups is 1. The first kappa shape index (κ1) is 12.1. The Morgan fingerprint density at radius 3 is 2.36 bits per heavy atom. The van der Waals surface area contributed by atoms with Crippen molar-refractivity contribution in [1.29, 1.82) is 0 Å². The van der Waals surface area contributed by atoms with E-state index in [-0.39, 0.29) is 5.75 Å². The second-order valence-corrected chi connectivity index (χ2v) is 6.95. The maximum absolute atomic E-state index is 11.1. The molecule has 0 aliphatic carbocycles. The van der Waals surface area contributed by atoms with E-state index < -0.39 is 25.6 Å². The van der Waals surface area contributed by atoms with Gasteiger partial charge in [0.15, 0.2) is 9.84 Å². The molecule has 0 saturated carbocycles. The summed E-state index contributed by atoms with van der Waals surface area (Å²) in [5.41, 5.74) is 0. The Labute approximate surface area is 96.1 Å². The van der Waals surface area contributed by atoms with Gasteiger partial charge in [-0.05, 0) is 6.08 Å². The largest absolute Gasteiger partial charge is 0.345 e. The topological polar surface area (TPSA) is 63.2 Å². The molecule has 1 atom stereocenters. The molecule has 0 aromatic heterocycles. The van der Waals surface area contributed by atoms with Crippen molar-refractivity contribution in [2.45, 2.75) is 9.83 Å². The molecule has 1 N–H and O–H groups in total. The van der Waals surface area contributed by atoms with Gasteiger partial charge >= 0.3 is 0 Å². The molecule has 1 rings (SSSR count). The zero-order valence-electron chi connectivity index (χ0n) is 6.71. The maximum atomic E-state index is 11.1. The summed E-state index contributed by atoms with van der Waals surface area (Å²) in [7, 11) is -3.21. The fourth-order valence-electron chi connectivity index (χ4n) is 0.916. The average Bonchev–Trinajstić information content (AvgIpc) is 2.28. The molecule has 1 heterocycles. The van der Waals surface area contributed by atoms with Crippen molar-refractivity contribution >= 4 is 50.5 Å². The molecule has 4 nitrogen and oxygen atoms in total. The van der Waals surface area contributed by atoms with Crippen LogP contribution in [0, 0.1) is 0 Å². The van der Waals surface area contributed by atoms with E-state index in [0.717, 1.165) is 5.41 Å². The van der Waals surface area contributed by atoms with Gasteiger partial charge in [-0.2, -0.15) is 0 Å². The highest BCUT2D eigenvalue weighted by Gasteiger charge is 2.33. The zero-order chi connectivity index (χ0) is 11.0. The monoisotopic (exact) mass is 277 g/mol. The lowest BCUT2D eigenvalue weighted by atomic mass is 10.3. The van der Waals surface area contributed by atoms with E-state index in [2.05, 4.69) is 5.32 Å². The second-order valence-electron chi connectivity index (χ2n) is 2.74. The van der Waals surface area contributed by atoms with Gasteiger partial charge in [0.2, 0.25) is 0 Å². The van der Waals surface area contributed by atoms with E-state index in [1.54, 1.807) is 0 Å². The van der Waals surface area contributed by atoms with Crippen molar-refractivity contribution in [3.8, 4) is 0 Å². The highest BCUT2D eigenvalue weighted by atomic mass is 35.6. The number of amides is 1. The Morgan fingerprint density at radius 1 is 1.43 bits per heavy atom. The van der Waals surface area contributed by atoms with Gasteiger partial charge in [0, 0.05) is 5.41 Å². The highest BCUT2D eigenvalue weighted by Crippen LogP contribution is 2.26. The molecular formula is C6H6Cl3NO3S. The van der Waals surface area contributed by atoms with Crippen molar-refractivity contribution in [1.82, 2.24) is 5.32 Å². The molecule has 0 spiro atoms. The number of hydrogen-bond acceptors (Lipinski definition) is 3. The standard InChI is InChI=1S/C6H6Cl3NO3S/c7-6(8,9)5(11)10-4-1-2-14(12,13)3-4/h1-2,4H,3H2,(H,10,11). The van der Waals surface area contributed by atoms with Gasteiger partial charge < -0.3 is 5.32 Å². The molecule has 1 aliphatic rings. The molecule has 1 amide bonds. The van der Waals surface area contributed by atoms with Gasteiger partial charge in [-0.3, -0.25) is 4.79 Å². The number of rotatable bonds is 1. The summed E-state index contributed by atoms with van der Waals surface area (Å²) in [6.07, 6.45) is 1.34. The number of nitrogens with one attached hydrogen (secondary N) is 1. The molecule has 14 heavy (non-hydrogen) atoms. The van der Waals surface area contributed by atoms with Gasteiger partial charge in [0.05, 0.1) is 11.8 Å². The smallest absolute Gasteiger partial charge is 0.272 e. The minimum Gasteiger partial charge on any atom is -0.345 e. The van der Waals surface area contributed by atoms with Crippen LogP contribution in [0.4, 0.5) is 0 Å². The van der Waals surface area contributed by atoms with E-state index in [0.29, 0.717) is 0 Å². The number of alkyl halides is 3. The van der Waals surface area contributed by atoms with Gasteiger partial charge in [0.25, 0.3) is 9.70 Å². The number of hydrogen-bond donors (Lipinski definition) is 1. The molecule has 1 aliphatic heterocycles. The summed E-state index contributed by atoms with van der Waals surface area (Å²) < 4.78 is 19.8. The maximum Gasteiger partial charge on any atom is 0.272 e. The molecule has 1 unspecified atom stereocenters. The third-order valence-corrected chi connectivity index (χ3v) is 3.41. The minimum atomic E-state index is -3.21. The van der Waals surface area contributed by atoms with Crippen LogP contribution in [0.5, 0.6) is 0 Å². The normalized spacial score (nSPS) is 24.9. The molecule has 0 saturated heterocycles. The molecular weight excluding hydrogens is 272 g/mol. The lowest BCUT2D eigenvalue weighted by Crippen LogP contribution is -2.42. The lowest BCUT2D eigenvalue weighted by Gasteiger charge is -2.14. The van der Waals surface area contributed by atoms with E-state index in [1.165, 1.54) is 6.08 Å². The summed E-state index contributed by atoms with van der Waals surface area (Å²) >= 11 is 15.8. The first-order chi connectivity index (χ1) is 6.21. The van der Waals surface area contributed by atoms with Crippen LogP contribution in [0.15, 0.2) is 11.5 Å². The van der Waals surface area contributed by atoms with Crippen LogP contribution >= 0.6 is 34.8 Å². The number of carbonyl (C=O) groups excluding carboxylic acids is 1. The number of halogens is 3. The molecule has 0 bridgehead atoms. The van der Waals surface area contributed by atoms with Crippen LogP contribution in [0.25, 0.3) is 0 Å². The van der Waals surface area contributed by atoms with Gasteiger partial charge in [0.1, 0.15) is 0 Å². The van der Waals surface area contributed by atoms with Gasteiger partial charge in [-0.25, -0.2) is 8.42 Å². The van der Waals surface area contributed by atoms with Gasteiger partial charge in [-0.1, -0.05) is 34.8 Å². The van der Waals surface area contributed by atoms with Gasteiger partial charge in [-0.15, -0.1) is 0 Å². The predicted molar refractivity (Wildman–Crippen MR) is 55.1 cm³/mol. The van der Waals surface area contributed by atoms with Crippen LogP contribution in [-0.2, 0) is 14.6 Å². The summed E-state index contributed by atoms with van der Waals surface area (Å²) in [5, 5.41) is 3.30. The Kier molecular flexibility index (Phi) is 3.36. The fraction of sp³-hybridized carbons (Fsp3) is 0.500. The first-order valence-electron chi connectivity index (χ1n) is 3.49. The quantitative estimate of drug-likeness (QED) is 0.721. The van der Waals surface area contributed by atoms with Crippen molar-refractivity contribution < 1.29 is 13.2 Å². The molecule has 0 aromatic carbocycles. The minimum absolute atomic E-state index is 0.195. The lowest BCUT2D eigenvalue weighted by molar-refractivity contribution is -0.120. The van der Waals surface area contributed by atoms with Crippen LogP contribution in [-0.4, -0.2) is 29.9 Å². The van der Waals surface area contributed by atoms with Crippen LogP contribution in [0.2, 0.25) is 0 Å². The molecule has 0 fully saturated rings. The van der Waals surface area contributed by atoms with E-state index in [4.69, 9.17) is 34.8 Å². The Balaban J connectivity index is 2.58. The van der Waals surface area contributed by atoms with Crippen molar-refractivity contribution in [3.05, 3.63) is 11.5 Å². The van der Waals surface area contributed by atoms with Crippen LogP contribution in [0.1, 0.15) is 0 Å². The highest BCUT2D eigenvalue weighted by molar-refractivity contribution is 7.94. The second kappa shape index (κ2) is 3.89. The summed E-state index contributed by atoms with van der Waals surface area (Å²) in [4.78, 5) is 11.1. The Hall–Kier alpha value is 0.0300. The molecule has 80 valence electrons. The predicted octanol–water partition coefficient (Wildman–Crippen LogP) is 0.784. The fourth-order valence-corrected chi connectivity index (χ4v) is 2.31. The number of sulfone groups is 1. The summed E-state index contributed by atoms with van der Waals surface area (Å²) in [6.45, 7) is 0. The molecule has 8 heteroatoms. The van der Waals surface area contributed by atoms with Crippen molar-refractivity contribution in [2.24, 2.45) is 0 Å².